The third-order valence-corrected chi connectivity index (χ3v) is 3.83. The van der Waals surface area contributed by atoms with Crippen molar-refractivity contribution >= 4 is 29.1 Å². The minimum absolute atomic E-state index is 0.0116. The Kier molecular flexibility index (Phi) is 7.36. The molecule has 0 radical (unpaired) electrons. The van der Waals surface area contributed by atoms with Gasteiger partial charge in [0.25, 0.3) is 0 Å². The van der Waals surface area contributed by atoms with Crippen molar-refractivity contribution in [3.05, 3.63) is 64.7 Å². The van der Waals surface area contributed by atoms with Gasteiger partial charge in [-0.25, -0.2) is 0 Å². The zero-order valence-corrected chi connectivity index (χ0v) is 15.1. The van der Waals surface area contributed by atoms with Gasteiger partial charge in [-0.3, -0.25) is 14.4 Å². The van der Waals surface area contributed by atoms with Crippen LogP contribution in [0.2, 0.25) is 5.02 Å². The summed E-state index contributed by atoms with van der Waals surface area (Å²) in [6.45, 7) is 2.05. The van der Waals surface area contributed by atoms with Crippen molar-refractivity contribution < 1.29 is 23.9 Å². The molecule has 0 saturated carbocycles. The molecule has 2 aromatic rings. The first kappa shape index (κ1) is 19.7. The maximum Gasteiger partial charge on any atom is 0.306 e. The molecule has 0 spiro atoms. The van der Waals surface area contributed by atoms with E-state index in [1.807, 2.05) is 6.92 Å². The summed E-state index contributed by atoms with van der Waals surface area (Å²) in [6.07, 6.45) is -0.0737. The van der Waals surface area contributed by atoms with Gasteiger partial charge in [0.15, 0.2) is 18.2 Å². The number of hydrogen-bond acceptors (Lipinski definition) is 5. The van der Waals surface area contributed by atoms with Crippen LogP contribution in [0.15, 0.2) is 48.5 Å². The first-order valence-electron chi connectivity index (χ1n) is 8.20. The summed E-state index contributed by atoms with van der Waals surface area (Å²) in [6, 6.07) is 13.0. The smallest absolute Gasteiger partial charge is 0.306 e. The van der Waals surface area contributed by atoms with Crippen LogP contribution in [0, 0.1) is 0 Å². The topological polar surface area (TPSA) is 69.7 Å². The van der Waals surface area contributed by atoms with Crippen LogP contribution in [0.4, 0.5) is 0 Å². The monoisotopic (exact) mass is 374 g/mol. The Bertz CT molecular complexity index is 766. The van der Waals surface area contributed by atoms with Gasteiger partial charge in [0.2, 0.25) is 0 Å². The highest BCUT2D eigenvalue weighted by Crippen LogP contribution is 2.14. The van der Waals surface area contributed by atoms with Crippen LogP contribution in [0.3, 0.4) is 0 Å². The second-order valence-corrected chi connectivity index (χ2v) is 5.91. The molecule has 0 unspecified atom stereocenters. The van der Waals surface area contributed by atoms with E-state index in [2.05, 4.69) is 0 Å². The van der Waals surface area contributed by atoms with E-state index in [0.29, 0.717) is 28.5 Å². The largest absolute Gasteiger partial charge is 0.494 e. The molecule has 0 heterocycles. The molecule has 0 saturated heterocycles. The molecule has 0 aliphatic rings. The van der Waals surface area contributed by atoms with E-state index in [1.165, 1.54) is 0 Å². The molecule has 0 aliphatic carbocycles. The summed E-state index contributed by atoms with van der Waals surface area (Å²) in [4.78, 5) is 35.7. The van der Waals surface area contributed by atoms with Crippen LogP contribution >= 0.6 is 11.6 Å². The van der Waals surface area contributed by atoms with Crippen molar-refractivity contribution in [2.24, 2.45) is 0 Å². The van der Waals surface area contributed by atoms with Crippen LogP contribution in [-0.2, 0) is 9.53 Å². The van der Waals surface area contributed by atoms with Crippen molar-refractivity contribution in [1.29, 1.82) is 0 Å². The normalized spacial score (nSPS) is 10.2. The highest BCUT2D eigenvalue weighted by atomic mass is 35.5. The van der Waals surface area contributed by atoms with Gasteiger partial charge in [0.05, 0.1) is 13.0 Å². The number of esters is 1. The molecule has 0 N–H and O–H groups in total. The van der Waals surface area contributed by atoms with E-state index in [9.17, 15) is 14.4 Å². The van der Waals surface area contributed by atoms with E-state index in [4.69, 9.17) is 21.1 Å². The number of rotatable bonds is 9. The molecule has 0 aliphatic heterocycles. The summed E-state index contributed by atoms with van der Waals surface area (Å²) in [5.74, 6) is -0.421. The summed E-state index contributed by atoms with van der Waals surface area (Å²) in [5.41, 5.74) is 0.908. The van der Waals surface area contributed by atoms with Crippen LogP contribution in [0.1, 0.15) is 40.5 Å². The van der Waals surface area contributed by atoms with Crippen molar-refractivity contribution in [2.75, 3.05) is 13.2 Å². The average Bonchev–Trinajstić information content (AvgIpc) is 2.65. The lowest BCUT2D eigenvalue weighted by atomic mass is 10.1. The van der Waals surface area contributed by atoms with Crippen LogP contribution in [0.5, 0.6) is 5.75 Å². The number of benzene rings is 2. The number of carbonyl (C=O) groups is 3. The molecule has 26 heavy (non-hydrogen) atoms. The SMILES string of the molecule is CCOc1ccc(C(=O)COC(=O)CCC(=O)c2ccc(Cl)cc2)cc1. The molecule has 2 rings (SSSR count). The van der Waals surface area contributed by atoms with E-state index >= 15 is 0 Å². The van der Waals surface area contributed by atoms with Gasteiger partial charge in [-0.2, -0.15) is 0 Å². The second-order valence-electron chi connectivity index (χ2n) is 5.47. The average molecular weight is 375 g/mol. The van der Waals surface area contributed by atoms with Gasteiger partial charge < -0.3 is 9.47 Å². The van der Waals surface area contributed by atoms with E-state index in [0.717, 1.165) is 0 Å². The third-order valence-electron chi connectivity index (χ3n) is 3.57. The molecule has 2 aromatic carbocycles. The molecular formula is C20H19ClO5. The fourth-order valence-corrected chi connectivity index (χ4v) is 2.33. The van der Waals surface area contributed by atoms with E-state index in [-0.39, 0.29) is 31.0 Å². The minimum Gasteiger partial charge on any atom is -0.494 e. The van der Waals surface area contributed by atoms with Crippen LogP contribution in [-0.4, -0.2) is 30.7 Å². The number of ether oxygens (including phenoxy) is 2. The first-order chi connectivity index (χ1) is 12.5. The lowest BCUT2D eigenvalue weighted by Gasteiger charge is -2.06. The Hall–Kier alpha value is -2.66. The van der Waals surface area contributed by atoms with Gasteiger partial charge in [0.1, 0.15) is 5.75 Å². The number of carbonyl (C=O) groups excluding carboxylic acids is 3. The fourth-order valence-electron chi connectivity index (χ4n) is 2.20. The van der Waals surface area contributed by atoms with Gasteiger partial charge >= 0.3 is 5.97 Å². The standard InChI is InChI=1S/C20H19ClO5/c1-2-25-17-9-5-15(6-10-17)19(23)13-26-20(24)12-11-18(22)14-3-7-16(21)8-4-14/h3-10H,2,11-13H2,1H3. The number of Topliss-reactive ketones (excluding diaryl/α,β-unsaturated/α-hetero) is 2. The van der Waals surface area contributed by atoms with E-state index < -0.39 is 5.97 Å². The number of ketones is 2. The molecule has 0 fully saturated rings. The Labute approximate surface area is 156 Å². The first-order valence-corrected chi connectivity index (χ1v) is 8.58. The lowest BCUT2D eigenvalue weighted by molar-refractivity contribution is -0.142. The predicted octanol–water partition coefficient (Wildman–Crippen LogP) is 4.13. The molecule has 5 nitrogen and oxygen atoms in total. The maximum atomic E-state index is 12.0. The Balaban J connectivity index is 1.76. The lowest BCUT2D eigenvalue weighted by Crippen LogP contribution is -2.15. The molecule has 0 amide bonds. The van der Waals surface area contributed by atoms with Gasteiger partial charge in [-0.05, 0) is 55.5 Å². The zero-order valence-electron chi connectivity index (χ0n) is 14.4. The van der Waals surface area contributed by atoms with Gasteiger partial charge in [-0.15, -0.1) is 0 Å². The van der Waals surface area contributed by atoms with Crippen LogP contribution < -0.4 is 4.74 Å². The predicted molar refractivity (Wildman–Crippen MR) is 97.9 cm³/mol. The van der Waals surface area contributed by atoms with Crippen LogP contribution in [0.25, 0.3) is 0 Å². The summed E-state index contributed by atoms with van der Waals surface area (Å²) >= 11 is 5.77. The van der Waals surface area contributed by atoms with Crippen molar-refractivity contribution in [1.82, 2.24) is 0 Å². The summed E-state index contributed by atoms with van der Waals surface area (Å²) in [5, 5.41) is 0.536. The minimum atomic E-state index is -0.591. The summed E-state index contributed by atoms with van der Waals surface area (Å²) in [7, 11) is 0. The number of hydrogen-bond donors (Lipinski definition) is 0. The highest BCUT2D eigenvalue weighted by Gasteiger charge is 2.13. The molecule has 136 valence electrons. The van der Waals surface area contributed by atoms with Crippen molar-refractivity contribution in [3.63, 3.8) is 0 Å². The quantitative estimate of drug-likeness (QED) is 0.487. The molecule has 0 bridgehead atoms. The van der Waals surface area contributed by atoms with E-state index in [1.54, 1.807) is 48.5 Å². The fraction of sp³-hybridized carbons (Fsp3) is 0.250. The van der Waals surface area contributed by atoms with Crippen molar-refractivity contribution in [2.45, 2.75) is 19.8 Å². The number of halogens is 1. The Morgan fingerprint density at radius 2 is 1.42 bits per heavy atom. The van der Waals surface area contributed by atoms with Crippen molar-refractivity contribution in [3.8, 4) is 5.75 Å². The molecule has 6 heteroatoms. The Morgan fingerprint density at radius 1 is 0.846 bits per heavy atom. The zero-order chi connectivity index (χ0) is 18.9. The third kappa shape index (κ3) is 6.01. The van der Waals surface area contributed by atoms with Gasteiger partial charge in [0, 0.05) is 22.6 Å². The van der Waals surface area contributed by atoms with Gasteiger partial charge in [-0.1, -0.05) is 11.6 Å². The molecule has 0 atom stereocenters. The maximum absolute atomic E-state index is 12.0. The second kappa shape index (κ2) is 9.73. The summed E-state index contributed by atoms with van der Waals surface area (Å²) < 4.78 is 10.2. The molecule has 0 aromatic heterocycles. The highest BCUT2D eigenvalue weighted by molar-refractivity contribution is 6.30. The Morgan fingerprint density at radius 3 is 2.04 bits per heavy atom. The molecular weight excluding hydrogens is 356 g/mol.